The maximum atomic E-state index is 12.3. The van der Waals surface area contributed by atoms with E-state index in [0.29, 0.717) is 29.3 Å². The molecule has 1 aromatic rings. The molecule has 1 amide bonds. The van der Waals surface area contributed by atoms with Crippen LogP contribution in [0.3, 0.4) is 0 Å². The van der Waals surface area contributed by atoms with E-state index in [2.05, 4.69) is 5.32 Å². The van der Waals surface area contributed by atoms with Crippen molar-refractivity contribution in [3.63, 3.8) is 0 Å². The minimum absolute atomic E-state index is 0.0832. The third kappa shape index (κ3) is 3.91. The van der Waals surface area contributed by atoms with Crippen LogP contribution in [-0.4, -0.2) is 24.1 Å². The first kappa shape index (κ1) is 18.3. The lowest BCUT2D eigenvalue weighted by molar-refractivity contribution is -0.151. The molecule has 22 heavy (non-hydrogen) atoms. The van der Waals surface area contributed by atoms with Crippen LogP contribution in [0.15, 0.2) is 12.1 Å². The van der Waals surface area contributed by atoms with E-state index in [4.69, 9.17) is 16.3 Å². The number of halogens is 1. The largest absolute Gasteiger partial charge is 0.495 e. The van der Waals surface area contributed by atoms with Gasteiger partial charge in [-0.3, -0.25) is 9.59 Å². The number of carbonyl (C=O) groups excluding carboxylic acids is 1. The molecule has 0 bridgehead atoms. The van der Waals surface area contributed by atoms with E-state index in [1.807, 2.05) is 6.92 Å². The Bertz CT molecular complexity index is 568. The van der Waals surface area contributed by atoms with E-state index < -0.39 is 11.4 Å². The number of aryl methyl sites for hydroxylation is 1. The van der Waals surface area contributed by atoms with Gasteiger partial charge in [-0.05, 0) is 31.4 Å². The van der Waals surface area contributed by atoms with E-state index in [1.54, 1.807) is 26.0 Å². The third-order valence-corrected chi connectivity index (χ3v) is 4.47. The molecule has 122 valence electrons. The van der Waals surface area contributed by atoms with Gasteiger partial charge in [0.2, 0.25) is 5.91 Å². The van der Waals surface area contributed by atoms with Gasteiger partial charge in [0.15, 0.2) is 0 Å². The van der Waals surface area contributed by atoms with Gasteiger partial charge in [0, 0.05) is 17.5 Å². The molecule has 0 aliphatic rings. The molecule has 6 heteroatoms. The molecule has 0 aliphatic heterocycles. The highest BCUT2D eigenvalue weighted by molar-refractivity contribution is 6.31. The number of benzene rings is 1. The summed E-state index contributed by atoms with van der Waals surface area (Å²) in [6.07, 6.45) is 0.701. The number of amides is 1. The van der Waals surface area contributed by atoms with Crippen molar-refractivity contribution in [3.8, 4) is 5.75 Å². The van der Waals surface area contributed by atoms with Crippen LogP contribution in [0.2, 0.25) is 5.02 Å². The van der Waals surface area contributed by atoms with Crippen LogP contribution in [-0.2, 0) is 9.59 Å². The Kier molecular flexibility index (Phi) is 6.23. The first-order valence-corrected chi connectivity index (χ1v) is 7.54. The fourth-order valence-electron chi connectivity index (χ4n) is 2.31. The number of hydrogen-bond acceptors (Lipinski definition) is 3. The molecule has 0 radical (unpaired) electrons. The zero-order valence-electron chi connectivity index (χ0n) is 13.3. The molecule has 0 fully saturated rings. The number of aliphatic carboxylic acids is 1. The lowest BCUT2D eigenvalue weighted by Gasteiger charge is -2.26. The monoisotopic (exact) mass is 327 g/mol. The molecule has 0 saturated carbocycles. The van der Waals surface area contributed by atoms with Gasteiger partial charge in [0.25, 0.3) is 0 Å². The number of carboxylic acids is 1. The van der Waals surface area contributed by atoms with Crippen molar-refractivity contribution < 1.29 is 19.4 Å². The SMILES string of the molecule is CCC(CC)(CC(=O)Nc1cc(C)c(Cl)cc1OC)C(=O)O. The van der Waals surface area contributed by atoms with Gasteiger partial charge in [-0.25, -0.2) is 0 Å². The van der Waals surface area contributed by atoms with Gasteiger partial charge in [-0.2, -0.15) is 0 Å². The zero-order chi connectivity index (χ0) is 16.9. The Morgan fingerprint density at radius 1 is 1.32 bits per heavy atom. The van der Waals surface area contributed by atoms with Crippen molar-refractivity contribution in [1.82, 2.24) is 0 Å². The minimum atomic E-state index is -1.04. The molecule has 2 N–H and O–H groups in total. The van der Waals surface area contributed by atoms with Crippen molar-refractivity contribution in [2.75, 3.05) is 12.4 Å². The molecular weight excluding hydrogens is 306 g/mol. The molecule has 0 saturated heterocycles. The van der Waals surface area contributed by atoms with E-state index in [1.165, 1.54) is 7.11 Å². The quantitative estimate of drug-likeness (QED) is 0.797. The van der Waals surface area contributed by atoms with Crippen molar-refractivity contribution >= 4 is 29.2 Å². The fourth-order valence-corrected chi connectivity index (χ4v) is 2.46. The first-order valence-electron chi connectivity index (χ1n) is 7.17. The summed E-state index contributed by atoms with van der Waals surface area (Å²) in [5, 5.41) is 12.7. The second-order valence-electron chi connectivity index (χ2n) is 5.32. The van der Waals surface area contributed by atoms with Gasteiger partial charge in [0.05, 0.1) is 18.2 Å². The number of rotatable bonds is 7. The first-order chi connectivity index (χ1) is 10.3. The van der Waals surface area contributed by atoms with Crippen molar-refractivity contribution in [2.24, 2.45) is 5.41 Å². The summed E-state index contributed by atoms with van der Waals surface area (Å²) in [4.78, 5) is 23.7. The van der Waals surface area contributed by atoms with Gasteiger partial charge in [0.1, 0.15) is 5.75 Å². The standard InChI is InChI=1S/C16H22ClNO4/c1-5-16(6-2,15(20)21)9-14(19)18-12-7-10(3)11(17)8-13(12)22-4/h7-8H,5-6,9H2,1-4H3,(H,18,19)(H,20,21). The molecule has 1 rings (SSSR count). The average molecular weight is 328 g/mol. The maximum Gasteiger partial charge on any atom is 0.310 e. The molecule has 0 aromatic heterocycles. The molecule has 0 spiro atoms. The molecular formula is C16H22ClNO4. The Hall–Kier alpha value is -1.75. The molecule has 0 unspecified atom stereocenters. The van der Waals surface area contributed by atoms with Crippen LogP contribution in [0, 0.1) is 12.3 Å². The highest BCUT2D eigenvalue weighted by atomic mass is 35.5. The molecule has 5 nitrogen and oxygen atoms in total. The topological polar surface area (TPSA) is 75.6 Å². The number of hydrogen-bond donors (Lipinski definition) is 2. The van der Waals surface area contributed by atoms with E-state index in [9.17, 15) is 14.7 Å². The predicted molar refractivity (Wildman–Crippen MR) is 86.6 cm³/mol. The van der Waals surface area contributed by atoms with Crippen molar-refractivity contribution in [3.05, 3.63) is 22.7 Å². The van der Waals surface area contributed by atoms with Crippen LogP contribution in [0.5, 0.6) is 5.75 Å². The van der Waals surface area contributed by atoms with E-state index in [-0.39, 0.29) is 12.3 Å². The summed E-state index contributed by atoms with van der Waals surface area (Å²) >= 11 is 6.02. The summed E-state index contributed by atoms with van der Waals surface area (Å²) in [7, 11) is 1.48. The Morgan fingerprint density at radius 3 is 2.36 bits per heavy atom. The average Bonchev–Trinajstić information content (AvgIpc) is 2.48. The molecule has 0 aliphatic carbocycles. The highest BCUT2D eigenvalue weighted by Gasteiger charge is 2.37. The number of carboxylic acid groups (broad SMARTS) is 1. The Balaban J connectivity index is 2.98. The Labute approximate surface area is 135 Å². The summed E-state index contributed by atoms with van der Waals surface area (Å²) < 4.78 is 5.20. The highest BCUT2D eigenvalue weighted by Crippen LogP contribution is 2.34. The molecule has 1 aromatic carbocycles. The van der Waals surface area contributed by atoms with Crippen molar-refractivity contribution in [1.29, 1.82) is 0 Å². The van der Waals surface area contributed by atoms with Gasteiger partial charge in [-0.1, -0.05) is 25.4 Å². The van der Waals surface area contributed by atoms with Crippen LogP contribution >= 0.6 is 11.6 Å². The van der Waals surface area contributed by atoms with Crippen LogP contribution in [0.4, 0.5) is 5.69 Å². The van der Waals surface area contributed by atoms with E-state index >= 15 is 0 Å². The smallest absolute Gasteiger partial charge is 0.310 e. The summed E-state index contributed by atoms with van der Waals surface area (Å²) in [6, 6.07) is 3.33. The number of anilines is 1. The minimum Gasteiger partial charge on any atom is -0.495 e. The van der Waals surface area contributed by atoms with Gasteiger partial charge in [-0.15, -0.1) is 0 Å². The maximum absolute atomic E-state index is 12.3. The second-order valence-corrected chi connectivity index (χ2v) is 5.73. The Morgan fingerprint density at radius 2 is 1.91 bits per heavy atom. The van der Waals surface area contributed by atoms with Gasteiger partial charge >= 0.3 is 5.97 Å². The number of nitrogens with one attached hydrogen (secondary N) is 1. The fraction of sp³-hybridized carbons (Fsp3) is 0.500. The van der Waals surface area contributed by atoms with Crippen molar-refractivity contribution in [2.45, 2.75) is 40.0 Å². The predicted octanol–water partition coefficient (Wildman–Crippen LogP) is 3.88. The van der Waals surface area contributed by atoms with Crippen LogP contribution in [0.25, 0.3) is 0 Å². The second kappa shape index (κ2) is 7.49. The summed E-state index contributed by atoms with van der Waals surface area (Å²) in [5.74, 6) is -0.865. The van der Waals surface area contributed by atoms with Gasteiger partial charge < -0.3 is 15.2 Å². The number of ether oxygens (including phenoxy) is 1. The zero-order valence-corrected chi connectivity index (χ0v) is 14.1. The van der Waals surface area contributed by atoms with Crippen LogP contribution < -0.4 is 10.1 Å². The summed E-state index contributed by atoms with van der Waals surface area (Å²) in [5.41, 5.74) is 0.243. The van der Waals surface area contributed by atoms with Crippen LogP contribution in [0.1, 0.15) is 38.7 Å². The number of methoxy groups -OCH3 is 1. The third-order valence-electron chi connectivity index (χ3n) is 4.06. The summed E-state index contributed by atoms with van der Waals surface area (Å²) in [6.45, 7) is 5.37. The molecule has 0 heterocycles. The lowest BCUT2D eigenvalue weighted by Crippen LogP contribution is -2.34. The molecule has 0 atom stereocenters. The number of carbonyl (C=O) groups is 2. The van der Waals surface area contributed by atoms with E-state index in [0.717, 1.165) is 5.56 Å². The lowest BCUT2D eigenvalue weighted by atomic mass is 9.79. The normalized spacial score (nSPS) is 11.1.